The molecule has 0 radical (unpaired) electrons. The van der Waals surface area contributed by atoms with Gasteiger partial charge >= 0.3 is 0 Å². The predicted molar refractivity (Wildman–Crippen MR) is 97.2 cm³/mol. The number of nitrogens with one attached hydrogen (secondary N) is 2. The van der Waals surface area contributed by atoms with Crippen molar-refractivity contribution in [1.82, 2.24) is 10.2 Å². The molecule has 2 aromatic carbocycles. The number of amides is 1. The van der Waals surface area contributed by atoms with Crippen LogP contribution in [0.3, 0.4) is 0 Å². The number of hydrogen-bond acceptors (Lipinski definition) is 4. The van der Waals surface area contributed by atoms with E-state index in [0.717, 1.165) is 18.7 Å². The molecule has 132 valence electrons. The van der Waals surface area contributed by atoms with Gasteiger partial charge in [0.15, 0.2) is 0 Å². The van der Waals surface area contributed by atoms with Crippen molar-refractivity contribution in [2.75, 3.05) is 30.9 Å². The number of nitrogens with zero attached hydrogens (tertiary/aromatic N) is 1. The van der Waals surface area contributed by atoms with Crippen molar-refractivity contribution in [3.8, 4) is 0 Å². The van der Waals surface area contributed by atoms with E-state index >= 15 is 0 Å². The zero-order chi connectivity index (χ0) is 17.9. The first-order valence-electron chi connectivity index (χ1n) is 8.16. The number of benzene rings is 2. The summed E-state index contributed by atoms with van der Waals surface area (Å²) in [6.45, 7) is 4.71. The molecule has 2 aromatic rings. The van der Waals surface area contributed by atoms with Crippen molar-refractivity contribution in [3.05, 3.63) is 59.7 Å². The third-order valence-corrected chi connectivity index (χ3v) is 5.59. The van der Waals surface area contributed by atoms with Crippen LogP contribution in [0, 0.1) is 6.92 Å². The molecule has 1 aliphatic heterocycles. The average Bonchev–Trinajstić information content (AvgIpc) is 2.64. The lowest BCUT2D eigenvalue weighted by Gasteiger charge is -2.27. The molecule has 7 heteroatoms. The van der Waals surface area contributed by atoms with Crippen LogP contribution in [-0.4, -0.2) is 45.4 Å². The predicted octanol–water partition coefficient (Wildman–Crippen LogP) is 1.84. The topological polar surface area (TPSA) is 78.5 Å². The van der Waals surface area contributed by atoms with E-state index in [0.29, 0.717) is 24.3 Å². The van der Waals surface area contributed by atoms with Crippen molar-refractivity contribution in [2.24, 2.45) is 0 Å². The molecule has 6 nitrogen and oxygen atoms in total. The van der Waals surface area contributed by atoms with E-state index < -0.39 is 10.0 Å². The molecule has 1 heterocycles. The van der Waals surface area contributed by atoms with Gasteiger partial charge in [0.2, 0.25) is 0 Å². The first-order valence-corrected chi connectivity index (χ1v) is 9.64. The molecule has 0 atom stereocenters. The van der Waals surface area contributed by atoms with Crippen LogP contribution in [0.4, 0.5) is 5.69 Å². The Morgan fingerprint density at radius 2 is 1.68 bits per heavy atom. The minimum atomic E-state index is -3.69. The second-order valence-corrected chi connectivity index (χ2v) is 7.67. The minimum Gasteiger partial charge on any atom is -0.336 e. The Labute approximate surface area is 147 Å². The van der Waals surface area contributed by atoms with Crippen LogP contribution in [-0.2, 0) is 10.0 Å². The third kappa shape index (κ3) is 4.00. The maximum atomic E-state index is 12.5. The third-order valence-electron chi connectivity index (χ3n) is 4.21. The molecule has 0 saturated carbocycles. The standard InChI is InChI=1S/C18H21N3O3S/c1-14-4-2-3-5-17(14)20-25(23,24)16-8-6-15(7-9-16)18(22)21-12-10-19-11-13-21/h2-9,19-20H,10-13H2,1H3. The van der Waals surface area contributed by atoms with Gasteiger partial charge in [0.05, 0.1) is 10.6 Å². The fourth-order valence-electron chi connectivity index (χ4n) is 2.72. The van der Waals surface area contributed by atoms with Gasteiger partial charge in [-0.15, -0.1) is 0 Å². The lowest BCUT2D eigenvalue weighted by atomic mass is 10.2. The second-order valence-electron chi connectivity index (χ2n) is 5.99. The monoisotopic (exact) mass is 359 g/mol. The van der Waals surface area contributed by atoms with Crippen molar-refractivity contribution < 1.29 is 13.2 Å². The highest BCUT2D eigenvalue weighted by molar-refractivity contribution is 7.92. The highest BCUT2D eigenvalue weighted by Gasteiger charge is 2.20. The number of hydrogen-bond donors (Lipinski definition) is 2. The molecule has 1 saturated heterocycles. The number of para-hydroxylation sites is 1. The normalized spacial score (nSPS) is 15.0. The highest BCUT2D eigenvalue weighted by Crippen LogP contribution is 2.20. The van der Waals surface area contributed by atoms with Crippen LogP contribution >= 0.6 is 0 Å². The van der Waals surface area contributed by atoms with E-state index in [4.69, 9.17) is 0 Å². The first kappa shape index (κ1) is 17.4. The van der Waals surface area contributed by atoms with E-state index in [1.807, 2.05) is 19.1 Å². The number of aryl methyl sites for hydroxylation is 1. The Bertz CT molecular complexity index is 857. The molecule has 0 spiro atoms. The maximum Gasteiger partial charge on any atom is 0.261 e. The Balaban J connectivity index is 1.77. The SMILES string of the molecule is Cc1ccccc1NS(=O)(=O)c1ccc(C(=O)N2CCNCC2)cc1. The van der Waals surface area contributed by atoms with Crippen LogP contribution in [0.2, 0.25) is 0 Å². The van der Waals surface area contributed by atoms with Gasteiger partial charge in [-0.3, -0.25) is 9.52 Å². The molecule has 1 fully saturated rings. The second kappa shape index (κ2) is 7.25. The van der Waals surface area contributed by atoms with E-state index in [9.17, 15) is 13.2 Å². The van der Waals surface area contributed by atoms with Gasteiger partial charge in [-0.25, -0.2) is 8.42 Å². The fraction of sp³-hybridized carbons (Fsp3) is 0.278. The number of piperazine rings is 1. The van der Waals surface area contributed by atoms with Crippen molar-refractivity contribution in [1.29, 1.82) is 0 Å². The molecule has 1 amide bonds. The summed E-state index contributed by atoms with van der Waals surface area (Å²) in [6, 6.07) is 13.3. The summed E-state index contributed by atoms with van der Waals surface area (Å²) in [6.07, 6.45) is 0. The summed E-state index contributed by atoms with van der Waals surface area (Å²) < 4.78 is 27.6. The number of rotatable bonds is 4. The molecule has 0 aromatic heterocycles. The van der Waals surface area contributed by atoms with Gasteiger partial charge in [-0.05, 0) is 42.8 Å². The first-order chi connectivity index (χ1) is 12.0. The van der Waals surface area contributed by atoms with Crippen LogP contribution < -0.4 is 10.0 Å². The summed E-state index contributed by atoms with van der Waals surface area (Å²) in [7, 11) is -3.69. The number of carbonyl (C=O) groups is 1. The van der Waals surface area contributed by atoms with Crippen LogP contribution in [0.5, 0.6) is 0 Å². The Morgan fingerprint density at radius 3 is 2.32 bits per heavy atom. The van der Waals surface area contributed by atoms with Crippen LogP contribution in [0.1, 0.15) is 15.9 Å². The van der Waals surface area contributed by atoms with Gasteiger partial charge in [0.1, 0.15) is 0 Å². The molecule has 0 aliphatic carbocycles. The zero-order valence-electron chi connectivity index (χ0n) is 14.0. The van der Waals surface area contributed by atoms with E-state index in [1.165, 1.54) is 12.1 Å². The molecule has 25 heavy (non-hydrogen) atoms. The van der Waals surface area contributed by atoms with Crippen LogP contribution in [0.25, 0.3) is 0 Å². The molecule has 0 unspecified atom stereocenters. The Morgan fingerprint density at radius 1 is 1.04 bits per heavy atom. The number of anilines is 1. The Kier molecular flexibility index (Phi) is 5.06. The average molecular weight is 359 g/mol. The zero-order valence-corrected chi connectivity index (χ0v) is 14.8. The number of sulfonamides is 1. The van der Waals surface area contributed by atoms with Crippen LogP contribution in [0.15, 0.2) is 53.4 Å². The number of carbonyl (C=O) groups excluding carboxylic acids is 1. The van der Waals surface area contributed by atoms with E-state index in [2.05, 4.69) is 10.0 Å². The molecular weight excluding hydrogens is 338 g/mol. The summed E-state index contributed by atoms with van der Waals surface area (Å²) in [5, 5.41) is 3.20. The molecule has 2 N–H and O–H groups in total. The molecular formula is C18H21N3O3S. The lowest BCUT2D eigenvalue weighted by molar-refractivity contribution is 0.0735. The summed E-state index contributed by atoms with van der Waals surface area (Å²) in [5.74, 6) is -0.0719. The minimum absolute atomic E-state index is 0.0719. The van der Waals surface area contributed by atoms with E-state index in [-0.39, 0.29) is 10.8 Å². The van der Waals surface area contributed by atoms with Crippen molar-refractivity contribution >= 4 is 21.6 Å². The smallest absolute Gasteiger partial charge is 0.261 e. The molecule has 1 aliphatic rings. The summed E-state index contributed by atoms with van der Waals surface area (Å²) in [4.78, 5) is 14.3. The van der Waals surface area contributed by atoms with Crippen molar-refractivity contribution in [2.45, 2.75) is 11.8 Å². The van der Waals surface area contributed by atoms with Gasteiger partial charge in [-0.1, -0.05) is 18.2 Å². The Hall–Kier alpha value is -2.38. The van der Waals surface area contributed by atoms with Gasteiger partial charge in [0.25, 0.3) is 15.9 Å². The highest BCUT2D eigenvalue weighted by atomic mass is 32.2. The molecule has 0 bridgehead atoms. The summed E-state index contributed by atoms with van der Waals surface area (Å²) >= 11 is 0. The largest absolute Gasteiger partial charge is 0.336 e. The molecule has 3 rings (SSSR count). The van der Waals surface area contributed by atoms with E-state index in [1.54, 1.807) is 29.2 Å². The van der Waals surface area contributed by atoms with Gasteiger partial charge < -0.3 is 10.2 Å². The van der Waals surface area contributed by atoms with Gasteiger partial charge in [-0.2, -0.15) is 0 Å². The fourth-order valence-corrected chi connectivity index (χ4v) is 3.85. The van der Waals surface area contributed by atoms with Crippen molar-refractivity contribution in [3.63, 3.8) is 0 Å². The van der Waals surface area contributed by atoms with Gasteiger partial charge in [0, 0.05) is 31.7 Å². The lowest BCUT2D eigenvalue weighted by Crippen LogP contribution is -2.46. The quantitative estimate of drug-likeness (QED) is 0.873. The summed E-state index contributed by atoms with van der Waals surface area (Å²) in [5.41, 5.74) is 1.89. The maximum absolute atomic E-state index is 12.5.